The molecule has 4 heteroatoms. The van der Waals surface area contributed by atoms with Crippen molar-refractivity contribution >= 4 is 5.97 Å². The maximum absolute atomic E-state index is 10.5. The fourth-order valence-corrected chi connectivity index (χ4v) is 0.333. The van der Waals surface area contributed by atoms with Gasteiger partial charge in [0.25, 0.3) is 0 Å². The lowest BCUT2D eigenvalue weighted by atomic mass is 10.4. The molecule has 0 bridgehead atoms. The van der Waals surface area contributed by atoms with Gasteiger partial charge >= 0.3 is 5.97 Å². The van der Waals surface area contributed by atoms with Crippen molar-refractivity contribution in [2.45, 2.75) is 6.10 Å². The highest BCUT2D eigenvalue weighted by Gasteiger charge is 2.12. The highest BCUT2D eigenvalue weighted by Crippen LogP contribution is 1.85. The molecule has 0 aromatic heterocycles. The predicted octanol–water partition coefficient (Wildman–Crippen LogP) is -0.965. The molecule has 0 heterocycles. The van der Waals surface area contributed by atoms with Gasteiger partial charge in [0.15, 0.2) is 6.10 Å². The van der Waals surface area contributed by atoms with Crippen molar-refractivity contribution in [3.63, 3.8) is 0 Å². The molecule has 0 amide bonds. The highest BCUT2D eigenvalue weighted by atomic mass is 16.5. The molecule has 0 radical (unpaired) electrons. The Balaban J connectivity index is 3.51. The molecule has 4 nitrogen and oxygen atoms in total. The maximum Gasteiger partial charge on any atom is 0.336 e. The van der Waals surface area contributed by atoms with Crippen molar-refractivity contribution in [3.8, 4) is 0 Å². The molecule has 0 saturated heterocycles. The van der Waals surface area contributed by atoms with Gasteiger partial charge in [-0.05, 0) is 0 Å². The van der Waals surface area contributed by atoms with Crippen LogP contribution in [0.2, 0.25) is 0 Å². The van der Waals surface area contributed by atoms with Gasteiger partial charge in [-0.15, -0.1) is 0 Å². The van der Waals surface area contributed by atoms with E-state index in [0.29, 0.717) is 0 Å². The summed E-state index contributed by atoms with van der Waals surface area (Å²) in [5.74, 6) is -0.706. The molecule has 0 aromatic rings. The average Bonchev–Trinajstić information content (AvgIpc) is 1.98. The molecule has 0 aliphatic carbocycles. The molecule has 58 valence electrons. The summed E-state index contributed by atoms with van der Waals surface area (Å²) in [6.45, 7) is 3.32. The highest BCUT2D eigenvalue weighted by molar-refractivity contribution is 5.74. The minimum absolute atomic E-state index is 0.107. The molecule has 0 aliphatic heterocycles. The fourth-order valence-electron chi connectivity index (χ4n) is 0.333. The van der Waals surface area contributed by atoms with E-state index in [0.717, 1.165) is 0 Å². The Morgan fingerprint density at radius 3 is 2.90 bits per heavy atom. The first-order valence-corrected chi connectivity index (χ1v) is 2.88. The van der Waals surface area contributed by atoms with Crippen LogP contribution in [0.1, 0.15) is 0 Å². The van der Waals surface area contributed by atoms with Crippen LogP contribution >= 0.6 is 0 Å². The van der Waals surface area contributed by atoms with E-state index in [1.165, 1.54) is 6.08 Å². The third-order valence-corrected chi connectivity index (χ3v) is 0.839. The number of carbonyl (C=O) groups excluding carboxylic acids is 1. The van der Waals surface area contributed by atoms with Gasteiger partial charge < -0.3 is 15.6 Å². The van der Waals surface area contributed by atoms with Crippen LogP contribution in [-0.2, 0) is 9.53 Å². The maximum atomic E-state index is 10.5. The van der Waals surface area contributed by atoms with Gasteiger partial charge in [0.05, 0.1) is 0 Å². The summed E-state index contributed by atoms with van der Waals surface area (Å²) in [4.78, 5) is 10.5. The van der Waals surface area contributed by atoms with E-state index >= 15 is 0 Å². The third kappa shape index (κ3) is 3.21. The molecule has 0 aromatic carbocycles. The van der Waals surface area contributed by atoms with Crippen molar-refractivity contribution < 1.29 is 14.6 Å². The number of ether oxygens (including phenoxy) is 1. The van der Waals surface area contributed by atoms with Gasteiger partial charge in [-0.2, -0.15) is 0 Å². The quantitative estimate of drug-likeness (QED) is 0.394. The minimum Gasteiger partial charge on any atom is -0.460 e. The van der Waals surface area contributed by atoms with E-state index < -0.39 is 12.1 Å². The van der Waals surface area contributed by atoms with Crippen LogP contribution in [0, 0.1) is 0 Å². The zero-order valence-corrected chi connectivity index (χ0v) is 5.62. The van der Waals surface area contributed by atoms with Crippen molar-refractivity contribution in [2.24, 2.45) is 5.73 Å². The fraction of sp³-hybridized carbons (Fsp3) is 0.500. The smallest absolute Gasteiger partial charge is 0.336 e. The third-order valence-electron chi connectivity index (χ3n) is 0.839. The van der Waals surface area contributed by atoms with Crippen LogP contribution in [0.3, 0.4) is 0 Å². The largest absolute Gasteiger partial charge is 0.460 e. The van der Waals surface area contributed by atoms with Crippen molar-refractivity contribution in [2.75, 3.05) is 13.2 Å². The van der Waals surface area contributed by atoms with Crippen LogP contribution in [0.25, 0.3) is 0 Å². The first-order chi connectivity index (χ1) is 4.72. The van der Waals surface area contributed by atoms with Crippen molar-refractivity contribution in [1.82, 2.24) is 0 Å². The molecule has 0 aliphatic rings. The molecule has 0 saturated carbocycles. The van der Waals surface area contributed by atoms with E-state index in [9.17, 15) is 4.79 Å². The molecule has 10 heavy (non-hydrogen) atoms. The lowest BCUT2D eigenvalue weighted by Crippen LogP contribution is -2.30. The van der Waals surface area contributed by atoms with Gasteiger partial charge in [0.2, 0.25) is 0 Å². The lowest BCUT2D eigenvalue weighted by Gasteiger charge is -2.05. The summed E-state index contributed by atoms with van der Waals surface area (Å²) < 4.78 is 4.46. The number of aliphatic hydroxyl groups is 1. The van der Waals surface area contributed by atoms with Crippen LogP contribution < -0.4 is 5.73 Å². The Morgan fingerprint density at radius 1 is 1.90 bits per heavy atom. The Bertz CT molecular complexity index is 124. The lowest BCUT2D eigenvalue weighted by molar-refractivity contribution is -0.151. The normalized spacial score (nSPS) is 12.2. The van der Waals surface area contributed by atoms with Gasteiger partial charge in [-0.25, -0.2) is 4.79 Å². The second-order valence-electron chi connectivity index (χ2n) is 1.67. The van der Waals surface area contributed by atoms with Crippen LogP contribution in [0.15, 0.2) is 12.7 Å². The first kappa shape index (κ1) is 9.13. The summed E-state index contributed by atoms with van der Waals surface area (Å²) >= 11 is 0. The van der Waals surface area contributed by atoms with E-state index in [4.69, 9.17) is 10.8 Å². The zero-order chi connectivity index (χ0) is 7.98. The van der Waals surface area contributed by atoms with E-state index in [-0.39, 0.29) is 13.2 Å². The number of hydrogen-bond donors (Lipinski definition) is 2. The van der Waals surface area contributed by atoms with Gasteiger partial charge in [0, 0.05) is 6.54 Å². The van der Waals surface area contributed by atoms with Gasteiger partial charge in [-0.1, -0.05) is 12.7 Å². The second kappa shape index (κ2) is 4.96. The number of carbonyl (C=O) groups is 1. The second-order valence-corrected chi connectivity index (χ2v) is 1.67. The molecule has 0 spiro atoms. The first-order valence-electron chi connectivity index (χ1n) is 2.88. The predicted molar refractivity (Wildman–Crippen MR) is 36.2 cm³/mol. The summed E-state index contributed by atoms with van der Waals surface area (Å²) in [6.07, 6.45) is 0.209. The SMILES string of the molecule is C=CCOC(=O)[C@@H](O)CN. The van der Waals surface area contributed by atoms with Gasteiger partial charge in [0.1, 0.15) is 6.61 Å². The Morgan fingerprint density at radius 2 is 2.50 bits per heavy atom. The molecule has 0 fully saturated rings. The molecule has 0 unspecified atom stereocenters. The average molecular weight is 145 g/mol. The minimum atomic E-state index is -1.21. The number of aliphatic hydroxyl groups excluding tert-OH is 1. The number of hydrogen-bond acceptors (Lipinski definition) is 4. The topological polar surface area (TPSA) is 72.5 Å². The van der Waals surface area contributed by atoms with E-state index in [2.05, 4.69) is 11.3 Å². The number of nitrogens with two attached hydrogens (primary N) is 1. The Labute approximate surface area is 59.3 Å². The summed E-state index contributed by atoms with van der Waals surface area (Å²) in [5, 5.41) is 8.72. The van der Waals surface area contributed by atoms with Crippen molar-refractivity contribution in [3.05, 3.63) is 12.7 Å². The zero-order valence-electron chi connectivity index (χ0n) is 5.62. The summed E-state index contributed by atoms with van der Waals surface area (Å²) in [5.41, 5.74) is 4.97. The van der Waals surface area contributed by atoms with Crippen LogP contribution in [0.5, 0.6) is 0 Å². The van der Waals surface area contributed by atoms with Crippen LogP contribution in [0.4, 0.5) is 0 Å². The molecule has 1 atom stereocenters. The monoisotopic (exact) mass is 145 g/mol. The van der Waals surface area contributed by atoms with E-state index in [1.54, 1.807) is 0 Å². The number of esters is 1. The molecule has 0 rings (SSSR count). The molecule has 3 N–H and O–H groups in total. The van der Waals surface area contributed by atoms with Crippen LogP contribution in [-0.4, -0.2) is 30.3 Å². The molecular formula is C6H11NO3. The van der Waals surface area contributed by atoms with E-state index in [1.807, 2.05) is 0 Å². The Hall–Kier alpha value is -0.870. The standard InChI is InChI=1S/C6H11NO3/c1-2-3-10-6(9)5(8)4-7/h2,5,8H,1,3-4,7H2/t5-/m0/s1. The van der Waals surface area contributed by atoms with Crippen molar-refractivity contribution in [1.29, 1.82) is 0 Å². The molecular weight excluding hydrogens is 134 g/mol. The number of rotatable bonds is 4. The Kier molecular flexibility index (Phi) is 4.53. The van der Waals surface area contributed by atoms with Gasteiger partial charge in [-0.3, -0.25) is 0 Å². The summed E-state index contributed by atoms with van der Waals surface area (Å²) in [7, 11) is 0. The summed E-state index contributed by atoms with van der Waals surface area (Å²) in [6, 6.07) is 0.